The van der Waals surface area contributed by atoms with Crippen LogP contribution in [0.15, 0.2) is 30.3 Å². The number of amides is 1. The summed E-state index contributed by atoms with van der Waals surface area (Å²) < 4.78 is 2.52. The summed E-state index contributed by atoms with van der Waals surface area (Å²) in [5, 5.41) is 2.60. The fourth-order valence-corrected chi connectivity index (χ4v) is 1.30. The molecular formula is C10H15N3OS. The van der Waals surface area contributed by atoms with Crippen LogP contribution in [0.25, 0.3) is 0 Å². The first kappa shape index (κ1) is 12.0. The zero-order valence-corrected chi connectivity index (χ0v) is 9.21. The van der Waals surface area contributed by atoms with Gasteiger partial charge in [-0.1, -0.05) is 43.1 Å². The molecule has 1 amide bonds. The van der Waals surface area contributed by atoms with E-state index in [2.05, 4.69) is 22.9 Å². The number of benzene rings is 1. The molecule has 1 rings (SSSR count). The van der Waals surface area contributed by atoms with E-state index in [1.807, 2.05) is 30.3 Å². The molecule has 4 N–H and O–H groups in total. The van der Waals surface area contributed by atoms with Crippen molar-refractivity contribution in [2.45, 2.75) is 12.5 Å². The quantitative estimate of drug-likeness (QED) is 0.423. The summed E-state index contributed by atoms with van der Waals surface area (Å²) in [6.07, 6.45) is 0.541. The molecule has 0 aliphatic rings. The van der Waals surface area contributed by atoms with Crippen molar-refractivity contribution in [1.82, 2.24) is 10.0 Å². The highest BCUT2D eigenvalue weighted by Crippen LogP contribution is 2.01. The van der Waals surface area contributed by atoms with Crippen LogP contribution in [-0.2, 0) is 11.2 Å². The van der Waals surface area contributed by atoms with Crippen molar-refractivity contribution in [3.05, 3.63) is 35.9 Å². The first-order valence-corrected chi connectivity index (χ1v) is 5.13. The number of carbonyl (C=O) groups is 1. The Morgan fingerprint density at radius 1 is 1.40 bits per heavy atom. The highest BCUT2D eigenvalue weighted by atomic mass is 32.1. The van der Waals surface area contributed by atoms with Crippen LogP contribution in [0.1, 0.15) is 5.56 Å². The maximum atomic E-state index is 11.4. The zero-order chi connectivity index (χ0) is 11.1. The Hall–Kier alpha value is -1.04. The van der Waals surface area contributed by atoms with E-state index in [4.69, 9.17) is 5.73 Å². The Morgan fingerprint density at radius 2 is 2.07 bits per heavy atom. The van der Waals surface area contributed by atoms with Crippen LogP contribution >= 0.6 is 12.8 Å². The van der Waals surface area contributed by atoms with Gasteiger partial charge in [0.15, 0.2) is 0 Å². The minimum absolute atomic E-state index is 0.180. The van der Waals surface area contributed by atoms with Gasteiger partial charge in [-0.05, 0) is 12.0 Å². The molecule has 5 heteroatoms. The van der Waals surface area contributed by atoms with Gasteiger partial charge in [-0.25, -0.2) is 4.72 Å². The molecule has 0 saturated heterocycles. The van der Waals surface area contributed by atoms with Gasteiger partial charge in [0.1, 0.15) is 0 Å². The van der Waals surface area contributed by atoms with Crippen LogP contribution < -0.4 is 15.8 Å². The van der Waals surface area contributed by atoms with Gasteiger partial charge in [0.2, 0.25) is 5.91 Å². The molecule has 0 heterocycles. The van der Waals surface area contributed by atoms with E-state index in [-0.39, 0.29) is 5.91 Å². The summed E-state index contributed by atoms with van der Waals surface area (Å²) in [4.78, 5) is 11.4. The van der Waals surface area contributed by atoms with E-state index in [1.165, 1.54) is 0 Å². The molecule has 0 aliphatic heterocycles. The van der Waals surface area contributed by atoms with E-state index in [0.29, 0.717) is 13.1 Å². The summed E-state index contributed by atoms with van der Waals surface area (Å²) in [6.45, 7) is 0.310. The molecule has 1 aromatic rings. The molecule has 0 bridgehead atoms. The second kappa shape index (κ2) is 6.44. The molecule has 4 nitrogen and oxygen atoms in total. The lowest BCUT2D eigenvalue weighted by molar-refractivity contribution is -0.122. The first-order valence-electron chi connectivity index (χ1n) is 4.68. The Morgan fingerprint density at radius 3 is 2.67 bits per heavy atom. The Kier molecular flexibility index (Phi) is 5.17. The molecule has 15 heavy (non-hydrogen) atoms. The summed E-state index contributed by atoms with van der Waals surface area (Å²) in [6, 6.07) is 9.16. The monoisotopic (exact) mass is 225 g/mol. The number of carbonyl (C=O) groups excluding carboxylic acids is 1. The summed E-state index contributed by atoms with van der Waals surface area (Å²) in [7, 11) is 0. The van der Waals surface area contributed by atoms with E-state index >= 15 is 0 Å². The number of nitrogens with two attached hydrogens (primary N) is 1. The van der Waals surface area contributed by atoms with Gasteiger partial charge in [-0.2, -0.15) is 0 Å². The van der Waals surface area contributed by atoms with Gasteiger partial charge in [0.25, 0.3) is 0 Å². The van der Waals surface area contributed by atoms with Gasteiger partial charge in [0.05, 0.1) is 12.7 Å². The minimum Gasteiger partial charge on any atom is -0.341 e. The second-order valence-corrected chi connectivity index (χ2v) is 3.49. The van der Waals surface area contributed by atoms with Gasteiger partial charge in [-0.3, -0.25) is 4.79 Å². The predicted octanol–water partition coefficient (Wildman–Crippen LogP) is 0.0645. The van der Waals surface area contributed by atoms with Gasteiger partial charge in [-0.15, -0.1) is 0 Å². The van der Waals surface area contributed by atoms with Crippen molar-refractivity contribution < 1.29 is 4.79 Å². The molecule has 0 saturated carbocycles. The SMILES string of the molecule is NC(Cc1ccccc1)C(=O)NCNS. The van der Waals surface area contributed by atoms with Crippen LogP contribution in [0.3, 0.4) is 0 Å². The summed E-state index contributed by atoms with van der Waals surface area (Å²) >= 11 is 3.76. The molecule has 0 radical (unpaired) electrons. The Balaban J connectivity index is 2.41. The molecule has 0 aliphatic carbocycles. The van der Waals surface area contributed by atoms with Crippen molar-refractivity contribution in [3.63, 3.8) is 0 Å². The molecule has 0 spiro atoms. The smallest absolute Gasteiger partial charge is 0.238 e. The van der Waals surface area contributed by atoms with Gasteiger partial charge >= 0.3 is 0 Å². The number of hydrogen-bond donors (Lipinski definition) is 4. The standard InChI is InChI=1S/C10H15N3OS/c11-9(10(14)12-7-13-15)6-8-4-2-1-3-5-8/h1-5,9,13,15H,6-7,11H2,(H,12,14). The van der Waals surface area contributed by atoms with Crippen LogP contribution in [-0.4, -0.2) is 18.6 Å². The topological polar surface area (TPSA) is 67.2 Å². The highest BCUT2D eigenvalue weighted by molar-refractivity contribution is 7.78. The van der Waals surface area contributed by atoms with Crippen molar-refractivity contribution in [3.8, 4) is 0 Å². The lowest BCUT2D eigenvalue weighted by atomic mass is 10.1. The summed E-state index contributed by atoms with van der Waals surface area (Å²) in [5.74, 6) is -0.180. The largest absolute Gasteiger partial charge is 0.341 e. The van der Waals surface area contributed by atoms with Crippen LogP contribution in [0, 0.1) is 0 Å². The summed E-state index contributed by atoms with van der Waals surface area (Å²) in [5.41, 5.74) is 6.78. The van der Waals surface area contributed by atoms with Crippen molar-refractivity contribution in [2.75, 3.05) is 6.67 Å². The fourth-order valence-electron chi connectivity index (χ4n) is 1.22. The minimum atomic E-state index is -0.519. The average molecular weight is 225 g/mol. The predicted molar refractivity (Wildman–Crippen MR) is 63.3 cm³/mol. The lowest BCUT2D eigenvalue weighted by Crippen LogP contribution is -2.44. The molecule has 1 unspecified atom stereocenters. The average Bonchev–Trinajstić information content (AvgIpc) is 2.27. The second-order valence-electron chi connectivity index (χ2n) is 3.17. The molecule has 0 fully saturated rings. The van der Waals surface area contributed by atoms with Crippen molar-refractivity contribution in [1.29, 1.82) is 0 Å². The van der Waals surface area contributed by atoms with E-state index in [9.17, 15) is 4.79 Å². The maximum absolute atomic E-state index is 11.4. The lowest BCUT2D eigenvalue weighted by Gasteiger charge is -2.11. The van der Waals surface area contributed by atoms with E-state index in [0.717, 1.165) is 5.56 Å². The molecule has 1 aromatic carbocycles. The molecule has 1 atom stereocenters. The third-order valence-electron chi connectivity index (χ3n) is 1.98. The van der Waals surface area contributed by atoms with E-state index in [1.54, 1.807) is 0 Å². The molecular weight excluding hydrogens is 210 g/mol. The highest BCUT2D eigenvalue weighted by Gasteiger charge is 2.12. The third kappa shape index (κ3) is 4.33. The number of thiol groups is 1. The van der Waals surface area contributed by atoms with Crippen LogP contribution in [0.2, 0.25) is 0 Å². The van der Waals surface area contributed by atoms with E-state index < -0.39 is 6.04 Å². The fraction of sp³-hybridized carbons (Fsp3) is 0.300. The molecule has 82 valence electrons. The van der Waals surface area contributed by atoms with Gasteiger partial charge in [0, 0.05) is 0 Å². The normalized spacial score (nSPS) is 12.1. The first-order chi connectivity index (χ1) is 7.24. The van der Waals surface area contributed by atoms with Crippen LogP contribution in [0.5, 0.6) is 0 Å². The Labute approximate surface area is 94.8 Å². The number of rotatable bonds is 5. The molecule has 0 aromatic heterocycles. The Bertz CT molecular complexity index is 305. The van der Waals surface area contributed by atoms with Crippen molar-refractivity contribution in [2.24, 2.45) is 5.73 Å². The zero-order valence-electron chi connectivity index (χ0n) is 8.31. The number of hydrogen-bond acceptors (Lipinski definition) is 4. The van der Waals surface area contributed by atoms with Crippen LogP contribution in [0.4, 0.5) is 0 Å². The number of nitrogens with one attached hydrogen (secondary N) is 2. The van der Waals surface area contributed by atoms with Crippen molar-refractivity contribution >= 4 is 18.7 Å². The van der Waals surface area contributed by atoms with Gasteiger partial charge < -0.3 is 11.1 Å². The maximum Gasteiger partial charge on any atom is 0.238 e. The third-order valence-corrected chi connectivity index (χ3v) is 2.14.